The van der Waals surface area contributed by atoms with Crippen LogP contribution in [0.5, 0.6) is 0 Å². The van der Waals surface area contributed by atoms with Gasteiger partial charge >= 0.3 is 6.09 Å². The minimum Gasteiger partial charge on any atom is -0.438 e. The van der Waals surface area contributed by atoms with Gasteiger partial charge in [0.25, 0.3) is 5.91 Å². The summed E-state index contributed by atoms with van der Waals surface area (Å²) in [5, 5.41) is 5.64. The van der Waals surface area contributed by atoms with Gasteiger partial charge in [-0.15, -0.1) is 0 Å². The Bertz CT molecular complexity index is 1470. The first kappa shape index (κ1) is 25.5. The summed E-state index contributed by atoms with van der Waals surface area (Å²) in [4.78, 5) is 48.1. The number of carbonyl (C=O) groups is 3. The van der Waals surface area contributed by atoms with Gasteiger partial charge in [-0.25, -0.2) is 9.18 Å². The van der Waals surface area contributed by atoms with Crippen LogP contribution >= 0.6 is 0 Å². The van der Waals surface area contributed by atoms with E-state index in [0.717, 1.165) is 5.56 Å². The number of carbonyl (C=O) groups excluding carboxylic acids is 3. The van der Waals surface area contributed by atoms with Gasteiger partial charge in [-0.05, 0) is 59.2 Å². The molecule has 1 aliphatic heterocycles. The summed E-state index contributed by atoms with van der Waals surface area (Å²) in [5.74, 6) is -1.20. The normalized spacial score (nSPS) is 16.4. The maximum absolute atomic E-state index is 13.8. The Morgan fingerprint density at radius 3 is 2.36 bits per heavy atom. The topological polar surface area (TPSA) is 114 Å². The molecule has 4 aromatic rings. The number of hydrogen-bond acceptors (Lipinski definition) is 6. The molecule has 0 saturated carbocycles. The molecule has 2 unspecified atom stereocenters. The number of ether oxygens (including phenoxy) is 1. The fraction of sp³-hybridized carbons (Fsp3) is 0.138. The maximum Gasteiger partial charge on any atom is 0.411 e. The van der Waals surface area contributed by atoms with Gasteiger partial charge in [-0.1, -0.05) is 30.3 Å². The molecule has 39 heavy (non-hydrogen) atoms. The highest BCUT2D eigenvalue weighted by atomic mass is 19.1. The molecule has 1 saturated heterocycles. The van der Waals surface area contributed by atoms with E-state index in [9.17, 15) is 18.8 Å². The molecule has 2 aromatic heterocycles. The number of nitrogens with one attached hydrogen (secondary N) is 2. The van der Waals surface area contributed by atoms with Crippen molar-refractivity contribution in [1.29, 1.82) is 0 Å². The summed E-state index contributed by atoms with van der Waals surface area (Å²) in [5.41, 5.74) is 2.80. The average molecular weight is 526 g/mol. The van der Waals surface area contributed by atoms with Crippen LogP contribution in [0.25, 0.3) is 0 Å². The van der Waals surface area contributed by atoms with Crippen LogP contribution in [0.4, 0.5) is 14.9 Å². The highest BCUT2D eigenvalue weighted by molar-refractivity contribution is 6.04. The number of nitrogens with zero attached hydrogens (tertiary/aromatic N) is 3. The van der Waals surface area contributed by atoms with Gasteiger partial charge < -0.3 is 15.4 Å². The highest BCUT2D eigenvalue weighted by Crippen LogP contribution is 2.34. The van der Waals surface area contributed by atoms with Crippen molar-refractivity contribution < 1.29 is 23.5 Å². The minimum atomic E-state index is -1.02. The lowest BCUT2D eigenvalue weighted by Crippen LogP contribution is -2.46. The van der Waals surface area contributed by atoms with E-state index in [-0.39, 0.29) is 19.0 Å². The summed E-state index contributed by atoms with van der Waals surface area (Å²) in [6.45, 7) is 0.189. The van der Waals surface area contributed by atoms with E-state index >= 15 is 0 Å². The molecule has 1 fully saturated rings. The smallest absolute Gasteiger partial charge is 0.411 e. The molecule has 2 aromatic carbocycles. The van der Waals surface area contributed by atoms with Crippen LogP contribution in [0.3, 0.4) is 0 Å². The Morgan fingerprint density at radius 1 is 0.923 bits per heavy atom. The molecular weight excluding hydrogens is 501 g/mol. The van der Waals surface area contributed by atoms with Crippen LogP contribution in [0.2, 0.25) is 0 Å². The summed E-state index contributed by atoms with van der Waals surface area (Å²) < 4.78 is 19.5. The molecule has 3 heterocycles. The molecule has 10 heteroatoms. The van der Waals surface area contributed by atoms with E-state index < -0.39 is 30.0 Å². The van der Waals surface area contributed by atoms with Gasteiger partial charge in [-0.3, -0.25) is 24.5 Å². The zero-order chi connectivity index (χ0) is 27.2. The monoisotopic (exact) mass is 525 g/mol. The Morgan fingerprint density at radius 2 is 1.67 bits per heavy atom. The third-order valence-corrected chi connectivity index (χ3v) is 6.21. The standard InChI is InChI=1S/C29H24FN5O4/c30-23-7-1-4-19(14-23)18-35-25(28(37)33-16-20-5-2-12-31-15-20)26(39-29(35)38)21-8-10-24(11-9-21)34-27(36)22-6-3-13-32-17-22/h1-15,17,25-26H,16,18H2,(H,33,37)(H,34,36). The van der Waals surface area contributed by atoms with Gasteiger partial charge in [-0.2, -0.15) is 0 Å². The predicted octanol–water partition coefficient (Wildman–Crippen LogP) is 4.25. The number of benzene rings is 2. The summed E-state index contributed by atoms with van der Waals surface area (Å²) in [6.07, 6.45) is 4.69. The van der Waals surface area contributed by atoms with Crippen molar-refractivity contribution in [3.05, 3.63) is 126 Å². The Labute approximate surface area is 223 Å². The fourth-order valence-corrected chi connectivity index (χ4v) is 4.29. The van der Waals surface area contributed by atoms with Gasteiger partial charge in [0.1, 0.15) is 5.82 Å². The minimum absolute atomic E-state index is 0.0165. The van der Waals surface area contributed by atoms with Crippen LogP contribution in [0.15, 0.2) is 97.6 Å². The highest BCUT2D eigenvalue weighted by Gasteiger charge is 2.47. The molecule has 5 rings (SSSR count). The van der Waals surface area contributed by atoms with E-state index in [2.05, 4.69) is 20.6 Å². The van der Waals surface area contributed by atoms with Crippen molar-refractivity contribution in [3.8, 4) is 0 Å². The van der Waals surface area contributed by atoms with Crippen molar-refractivity contribution in [1.82, 2.24) is 20.2 Å². The van der Waals surface area contributed by atoms with Crippen molar-refractivity contribution in [2.75, 3.05) is 5.32 Å². The Balaban J connectivity index is 1.37. The zero-order valence-electron chi connectivity index (χ0n) is 20.7. The average Bonchev–Trinajstić information content (AvgIpc) is 3.28. The van der Waals surface area contributed by atoms with Gasteiger partial charge in [0.15, 0.2) is 12.1 Å². The molecule has 2 N–H and O–H groups in total. The van der Waals surface area contributed by atoms with E-state index in [1.54, 1.807) is 73.2 Å². The first-order chi connectivity index (χ1) is 19.0. The number of anilines is 1. The first-order valence-electron chi connectivity index (χ1n) is 12.2. The number of rotatable bonds is 8. The summed E-state index contributed by atoms with van der Waals surface area (Å²) in [7, 11) is 0. The SMILES string of the molecule is O=C(Nc1ccc(C2OC(=O)N(Cc3cccc(F)c3)C2C(=O)NCc2cccnc2)cc1)c1cccnc1. The van der Waals surface area contributed by atoms with Gasteiger partial charge in [0, 0.05) is 37.0 Å². The van der Waals surface area contributed by atoms with E-state index in [1.165, 1.54) is 23.2 Å². The third-order valence-electron chi connectivity index (χ3n) is 6.21. The number of halogens is 1. The molecule has 3 amide bonds. The van der Waals surface area contributed by atoms with Crippen LogP contribution in [-0.2, 0) is 22.6 Å². The lowest BCUT2D eigenvalue weighted by atomic mass is 10.00. The van der Waals surface area contributed by atoms with Crippen molar-refractivity contribution in [3.63, 3.8) is 0 Å². The molecule has 0 radical (unpaired) electrons. The van der Waals surface area contributed by atoms with Gasteiger partial charge in [0.05, 0.1) is 12.1 Å². The lowest BCUT2D eigenvalue weighted by molar-refractivity contribution is -0.126. The molecule has 2 atom stereocenters. The molecule has 196 valence electrons. The van der Waals surface area contributed by atoms with E-state index in [0.29, 0.717) is 22.4 Å². The second kappa shape index (κ2) is 11.5. The van der Waals surface area contributed by atoms with E-state index in [4.69, 9.17) is 4.74 Å². The molecular formula is C29H24FN5O4. The number of cyclic esters (lactones) is 1. The first-order valence-corrected chi connectivity index (χ1v) is 12.2. The molecule has 0 spiro atoms. The third kappa shape index (κ3) is 6.07. The van der Waals surface area contributed by atoms with Crippen LogP contribution in [0, 0.1) is 5.82 Å². The molecule has 9 nitrogen and oxygen atoms in total. The van der Waals surface area contributed by atoms with Crippen molar-refractivity contribution in [2.45, 2.75) is 25.2 Å². The summed E-state index contributed by atoms with van der Waals surface area (Å²) in [6, 6.07) is 18.4. The molecule has 1 aliphatic rings. The fourth-order valence-electron chi connectivity index (χ4n) is 4.29. The zero-order valence-corrected chi connectivity index (χ0v) is 20.7. The van der Waals surface area contributed by atoms with Crippen molar-refractivity contribution >= 4 is 23.6 Å². The Hall–Kier alpha value is -5.12. The van der Waals surface area contributed by atoms with Crippen LogP contribution < -0.4 is 10.6 Å². The largest absolute Gasteiger partial charge is 0.438 e. The van der Waals surface area contributed by atoms with Gasteiger partial charge in [0.2, 0.25) is 5.91 Å². The second-order valence-corrected chi connectivity index (χ2v) is 8.90. The molecule has 0 bridgehead atoms. The number of amides is 3. The number of hydrogen-bond donors (Lipinski definition) is 2. The van der Waals surface area contributed by atoms with Crippen molar-refractivity contribution in [2.24, 2.45) is 0 Å². The maximum atomic E-state index is 13.8. The second-order valence-electron chi connectivity index (χ2n) is 8.90. The number of pyridine rings is 2. The van der Waals surface area contributed by atoms with Crippen LogP contribution in [0.1, 0.15) is 33.2 Å². The lowest BCUT2D eigenvalue weighted by Gasteiger charge is -2.24. The number of aromatic nitrogens is 2. The molecule has 0 aliphatic carbocycles. The van der Waals surface area contributed by atoms with Crippen LogP contribution in [-0.4, -0.2) is 38.8 Å². The summed E-state index contributed by atoms with van der Waals surface area (Å²) >= 11 is 0. The predicted molar refractivity (Wildman–Crippen MR) is 140 cm³/mol. The van der Waals surface area contributed by atoms with E-state index in [1.807, 2.05) is 6.07 Å². The quantitative estimate of drug-likeness (QED) is 0.356. The Kier molecular flexibility index (Phi) is 7.53.